The minimum Gasteiger partial charge on any atom is -0.494 e. The van der Waals surface area contributed by atoms with E-state index in [1.807, 2.05) is 70.3 Å². The number of benzene rings is 2. The second kappa shape index (κ2) is 10.4. The van der Waals surface area contributed by atoms with Crippen molar-refractivity contribution < 1.29 is 9.53 Å². The fraction of sp³-hybridized carbons (Fsp3) is 0.357. The molecule has 1 aliphatic carbocycles. The van der Waals surface area contributed by atoms with Crippen LogP contribution in [0.5, 0.6) is 5.75 Å². The van der Waals surface area contributed by atoms with Crippen molar-refractivity contribution in [2.24, 2.45) is 5.92 Å². The van der Waals surface area contributed by atoms with E-state index in [1.54, 1.807) is 7.11 Å². The van der Waals surface area contributed by atoms with Crippen molar-refractivity contribution in [2.75, 3.05) is 32.1 Å². The first-order valence-corrected chi connectivity index (χ1v) is 12.3. The van der Waals surface area contributed by atoms with Gasteiger partial charge >= 0.3 is 6.03 Å². The largest absolute Gasteiger partial charge is 0.494 e. The molecule has 1 saturated carbocycles. The summed E-state index contributed by atoms with van der Waals surface area (Å²) in [4.78, 5) is 17.6. The average Bonchev–Trinajstić information content (AvgIpc) is 3.64. The van der Waals surface area contributed by atoms with E-state index in [-0.39, 0.29) is 6.03 Å². The maximum Gasteiger partial charge on any atom is 0.322 e. The molecule has 182 valence electrons. The standard InChI is InChI=1S/C28H33N5O2/c1-3-16-31-17-15-25-23(19-31)24(30-33(25)26-11-7-8-12-27(26)35-2)20-32(18-21-13-14-21)28(34)29-22-9-5-4-6-10-22/h3-12,21H,1,13-20H2,2H3,(H,29,34). The SMILES string of the molecule is C=CCN1CCc2c(c(CN(CC3CC3)C(=O)Nc3ccccc3)nn2-c2ccccc2OC)C1. The Morgan fingerprint density at radius 1 is 1.20 bits per heavy atom. The quantitative estimate of drug-likeness (QED) is 0.453. The van der Waals surface area contributed by atoms with Gasteiger partial charge in [-0.3, -0.25) is 4.90 Å². The van der Waals surface area contributed by atoms with Crippen LogP contribution in [0.2, 0.25) is 0 Å². The Kier molecular flexibility index (Phi) is 6.86. The normalized spacial score (nSPS) is 15.3. The van der Waals surface area contributed by atoms with Crippen LogP contribution in [0.15, 0.2) is 67.3 Å². The smallest absolute Gasteiger partial charge is 0.322 e. The number of hydrogen-bond acceptors (Lipinski definition) is 4. The number of methoxy groups -OCH3 is 1. The van der Waals surface area contributed by atoms with Gasteiger partial charge in [-0.05, 0) is 43.0 Å². The van der Waals surface area contributed by atoms with E-state index in [2.05, 4.69) is 16.8 Å². The molecule has 35 heavy (non-hydrogen) atoms. The fourth-order valence-electron chi connectivity index (χ4n) is 4.75. The molecule has 0 radical (unpaired) electrons. The van der Waals surface area contributed by atoms with Crippen molar-refractivity contribution in [3.05, 3.63) is 84.2 Å². The van der Waals surface area contributed by atoms with Crippen LogP contribution in [0.4, 0.5) is 10.5 Å². The molecule has 0 unspecified atom stereocenters. The second-order valence-electron chi connectivity index (χ2n) is 9.35. The van der Waals surface area contributed by atoms with Gasteiger partial charge in [-0.1, -0.05) is 36.4 Å². The number of carbonyl (C=O) groups is 1. The molecule has 3 aromatic rings. The number of hydrogen-bond donors (Lipinski definition) is 1. The Morgan fingerprint density at radius 2 is 1.97 bits per heavy atom. The number of para-hydroxylation sites is 3. The summed E-state index contributed by atoms with van der Waals surface area (Å²) in [6, 6.07) is 17.5. The Balaban J connectivity index is 1.48. The van der Waals surface area contributed by atoms with E-state index < -0.39 is 0 Å². The number of rotatable bonds is 9. The van der Waals surface area contributed by atoms with Crippen molar-refractivity contribution in [2.45, 2.75) is 32.4 Å². The van der Waals surface area contributed by atoms with Gasteiger partial charge in [0.05, 0.1) is 25.0 Å². The first kappa shape index (κ1) is 23.2. The van der Waals surface area contributed by atoms with E-state index in [9.17, 15) is 4.79 Å². The first-order chi connectivity index (χ1) is 17.2. The van der Waals surface area contributed by atoms with Gasteiger partial charge < -0.3 is 15.0 Å². The Bertz CT molecular complexity index is 1190. The molecule has 1 aromatic heterocycles. The van der Waals surface area contributed by atoms with E-state index in [0.717, 1.165) is 55.4 Å². The summed E-state index contributed by atoms with van der Waals surface area (Å²) in [5, 5.41) is 8.15. The van der Waals surface area contributed by atoms with Crippen LogP contribution in [-0.4, -0.2) is 52.4 Å². The molecule has 7 nitrogen and oxygen atoms in total. The van der Waals surface area contributed by atoms with Gasteiger partial charge in [0, 0.05) is 43.9 Å². The highest BCUT2D eigenvalue weighted by Gasteiger charge is 2.31. The maximum absolute atomic E-state index is 13.3. The van der Waals surface area contributed by atoms with Crippen molar-refractivity contribution in [3.63, 3.8) is 0 Å². The van der Waals surface area contributed by atoms with Gasteiger partial charge in [0.2, 0.25) is 0 Å². The van der Waals surface area contributed by atoms with Gasteiger partial charge in [-0.15, -0.1) is 6.58 Å². The van der Waals surface area contributed by atoms with Crippen molar-refractivity contribution >= 4 is 11.7 Å². The summed E-state index contributed by atoms with van der Waals surface area (Å²) in [5.41, 5.74) is 5.08. The lowest BCUT2D eigenvalue weighted by Gasteiger charge is -2.28. The molecule has 1 fully saturated rings. The molecule has 0 atom stereocenters. The number of anilines is 1. The summed E-state index contributed by atoms with van der Waals surface area (Å²) < 4.78 is 7.67. The minimum atomic E-state index is -0.0811. The molecule has 0 saturated heterocycles. The van der Waals surface area contributed by atoms with Crippen LogP contribution in [0.1, 0.15) is 29.8 Å². The topological polar surface area (TPSA) is 62.6 Å². The second-order valence-corrected chi connectivity index (χ2v) is 9.35. The molecule has 2 aliphatic rings. The molecule has 7 heteroatoms. The zero-order chi connectivity index (χ0) is 24.2. The highest BCUT2D eigenvalue weighted by Crippen LogP contribution is 2.33. The van der Waals surface area contributed by atoms with Crippen LogP contribution < -0.4 is 10.1 Å². The number of nitrogens with one attached hydrogen (secondary N) is 1. The molecule has 1 N–H and O–H groups in total. The highest BCUT2D eigenvalue weighted by atomic mass is 16.5. The van der Waals surface area contributed by atoms with Gasteiger partial charge in [-0.25, -0.2) is 9.48 Å². The third-order valence-electron chi connectivity index (χ3n) is 6.75. The van der Waals surface area contributed by atoms with E-state index in [1.165, 1.54) is 24.1 Å². The number of ether oxygens (including phenoxy) is 1. The monoisotopic (exact) mass is 471 g/mol. The van der Waals surface area contributed by atoms with Crippen LogP contribution in [0.3, 0.4) is 0 Å². The summed E-state index contributed by atoms with van der Waals surface area (Å²) in [7, 11) is 1.69. The Hall–Kier alpha value is -3.58. The molecular weight excluding hydrogens is 438 g/mol. The van der Waals surface area contributed by atoms with E-state index in [0.29, 0.717) is 12.5 Å². The van der Waals surface area contributed by atoms with Gasteiger partial charge in [-0.2, -0.15) is 5.10 Å². The van der Waals surface area contributed by atoms with Crippen LogP contribution in [-0.2, 0) is 19.5 Å². The first-order valence-electron chi connectivity index (χ1n) is 12.3. The summed E-state index contributed by atoms with van der Waals surface area (Å²) >= 11 is 0. The minimum absolute atomic E-state index is 0.0811. The molecule has 1 aliphatic heterocycles. The van der Waals surface area contributed by atoms with E-state index in [4.69, 9.17) is 9.84 Å². The van der Waals surface area contributed by atoms with Gasteiger partial charge in [0.1, 0.15) is 11.4 Å². The number of fused-ring (bicyclic) bond motifs is 1. The predicted octanol–water partition coefficient (Wildman–Crippen LogP) is 4.87. The van der Waals surface area contributed by atoms with Crippen molar-refractivity contribution in [1.82, 2.24) is 19.6 Å². The third kappa shape index (κ3) is 5.25. The summed E-state index contributed by atoms with van der Waals surface area (Å²) in [6.45, 7) is 7.71. The molecule has 2 aromatic carbocycles. The van der Waals surface area contributed by atoms with Gasteiger partial charge in [0.15, 0.2) is 0 Å². The van der Waals surface area contributed by atoms with Gasteiger partial charge in [0.25, 0.3) is 0 Å². The maximum atomic E-state index is 13.3. The van der Waals surface area contributed by atoms with E-state index >= 15 is 0 Å². The lowest BCUT2D eigenvalue weighted by molar-refractivity contribution is 0.205. The molecule has 2 amide bonds. The highest BCUT2D eigenvalue weighted by molar-refractivity contribution is 5.89. The molecule has 0 bridgehead atoms. The number of urea groups is 1. The lowest BCUT2D eigenvalue weighted by Crippen LogP contribution is -2.37. The summed E-state index contributed by atoms with van der Waals surface area (Å²) in [5.74, 6) is 1.36. The Labute approximate surface area is 207 Å². The molecule has 0 spiro atoms. The Morgan fingerprint density at radius 3 is 2.71 bits per heavy atom. The van der Waals surface area contributed by atoms with Crippen LogP contribution in [0, 0.1) is 5.92 Å². The average molecular weight is 472 g/mol. The molecule has 2 heterocycles. The molecular formula is C28H33N5O2. The number of amides is 2. The molecule has 5 rings (SSSR count). The fourth-order valence-corrected chi connectivity index (χ4v) is 4.75. The number of nitrogens with zero attached hydrogens (tertiary/aromatic N) is 4. The van der Waals surface area contributed by atoms with Crippen molar-refractivity contribution in [1.29, 1.82) is 0 Å². The lowest BCUT2D eigenvalue weighted by atomic mass is 10.0. The van der Waals surface area contributed by atoms with Crippen LogP contribution in [0.25, 0.3) is 5.69 Å². The number of carbonyl (C=O) groups excluding carboxylic acids is 1. The third-order valence-corrected chi connectivity index (χ3v) is 6.75. The zero-order valence-corrected chi connectivity index (χ0v) is 20.3. The number of aromatic nitrogens is 2. The summed E-state index contributed by atoms with van der Waals surface area (Å²) in [6.07, 6.45) is 5.18. The zero-order valence-electron chi connectivity index (χ0n) is 20.3. The van der Waals surface area contributed by atoms with Crippen LogP contribution >= 0.6 is 0 Å². The predicted molar refractivity (Wildman–Crippen MR) is 138 cm³/mol. The van der Waals surface area contributed by atoms with Crippen molar-refractivity contribution in [3.8, 4) is 11.4 Å².